The monoisotopic (exact) mass is 248 g/mol. The Hall–Kier alpha value is -1.49. The van der Waals surface area contributed by atoms with Gasteiger partial charge in [-0.25, -0.2) is 0 Å². The van der Waals surface area contributed by atoms with Gasteiger partial charge < -0.3 is 5.32 Å². The van der Waals surface area contributed by atoms with E-state index in [-0.39, 0.29) is 0 Å². The number of aryl methyl sites for hydroxylation is 1. The van der Waals surface area contributed by atoms with E-state index in [4.69, 9.17) is 0 Å². The van der Waals surface area contributed by atoms with Gasteiger partial charge in [0.1, 0.15) is 0 Å². The van der Waals surface area contributed by atoms with E-state index in [1.54, 1.807) is 11.8 Å². The summed E-state index contributed by atoms with van der Waals surface area (Å²) >= 11 is 1.75. The molecule has 0 fully saturated rings. The molecule has 0 spiro atoms. The summed E-state index contributed by atoms with van der Waals surface area (Å²) in [5.74, 6) is 0.866. The highest BCUT2D eigenvalue weighted by molar-refractivity contribution is 7.98. The zero-order chi connectivity index (χ0) is 12.1. The largest absolute Gasteiger partial charge is 0.385 e. The fourth-order valence-electron chi connectivity index (χ4n) is 1.50. The van der Waals surface area contributed by atoms with Gasteiger partial charge in [0.25, 0.3) is 0 Å². The van der Waals surface area contributed by atoms with E-state index in [0.29, 0.717) is 0 Å². The summed E-state index contributed by atoms with van der Waals surface area (Å²) in [6, 6.07) is 4.08. The SMILES string of the molecule is CCNc1ccnc(CSc2cnn(C)c2)c1. The second kappa shape index (κ2) is 5.72. The summed E-state index contributed by atoms with van der Waals surface area (Å²) in [5.41, 5.74) is 2.21. The Morgan fingerprint density at radius 1 is 1.47 bits per heavy atom. The summed E-state index contributed by atoms with van der Waals surface area (Å²) in [6.45, 7) is 3.02. The Labute approximate surface area is 105 Å². The maximum absolute atomic E-state index is 4.36. The molecule has 2 aromatic heterocycles. The molecule has 0 bridgehead atoms. The maximum Gasteiger partial charge on any atom is 0.0625 e. The molecule has 2 rings (SSSR count). The fraction of sp³-hybridized carbons (Fsp3) is 0.333. The normalized spacial score (nSPS) is 10.5. The van der Waals surface area contributed by atoms with Crippen LogP contribution in [0.3, 0.4) is 0 Å². The van der Waals surface area contributed by atoms with E-state index in [1.165, 1.54) is 4.90 Å². The molecule has 0 atom stereocenters. The highest BCUT2D eigenvalue weighted by atomic mass is 32.2. The van der Waals surface area contributed by atoms with Crippen LogP contribution in [0, 0.1) is 0 Å². The summed E-state index contributed by atoms with van der Waals surface area (Å²) < 4.78 is 1.81. The molecule has 0 aromatic carbocycles. The number of rotatable bonds is 5. The lowest BCUT2D eigenvalue weighted by Gasteiger charge is -2.04. The number of thioether (sulfide) groups is 1. The average molecular weight is 248 g/mol. The van der Waals surface area contributed by atoms with Crippen LogP contribution in [-0.2, 0) is 12.8 Å². The van der Waals surface area contributed by atoms with Crippen LogP contribution < -0.4 is 5.32 Å². The van der Waals surface area contributed by atoms with Crippen LogP contribution >= 0.6 is 11.8 Å². The minimum absolute atomic E-state index is 0.866. The van der Waals surface area contributed by atoms with Crippen molar-refractivity contribution >= 4 is 17.4 Å². The topological polar surface area (TPSA) is 42.7 Å². The predicted octanol–water partition coefficient (Wildman–Crippen LogP) is 2.54. The lowest BCUT2D eigenvalue weighted by Crippen LogP contribution is -1.97. The molecule has 1 N–H and O–H groups in total. The number of aromatic nitrogens is 3. The van der Waals surface area contributed by atoms with Crippen molar-refractivity contribution in [1.82, 2.24) is 14.8 Å². The molecule has 2 heterocycles. The zero-order valence-corrected chi connectivity index (χ0v) is 10.9. The third-order valence-electron chi connectivity index (χ3n) is 2.27. The minimum atomic E-state index is 0.866. The number of nitrogens with zero attached hydrogens (tertiary/aromatic N) is 3. The van der Waals surface area contributed by atoms with Gasteiger partial charge in [-0.05, 0) is 19.1 Å². The van der Waals surface area contributed by atoms with E-state index < -0.39 is 0 Å². The summed E-state index contributed by atoms with van der Waals surface area (Å²) in [5, 5.41) is 7.42. The van der Waals surface area contributed by atoms with Gasteiger partial charge in [0.2, 0.25) is 0 Å². The average Bonchev–Trinajstić information content (AvgIpc) is 2.74. The molecule has 0 saturated carbocycles. The van der Waals surface area contributed by atoms with Gasteiger partial charge in [-0.15, -0.1) is 11.8 Å². The fourth-order valence-corrected chi connectivity index (χ4v) is 2.32. The number of hydrogen-bond donors (Lipinski definition) is 1. The molecular formula is C12H16N4S. The highest BCUT2D eigenvalue weighted by Crippen LogP contribution is 2.21. The van der Waals surface area contributed by atoms with Crippen LogP contribution in [0.2, 0.25) is 0 Å². The van der Waals surface area contributed by atoms with Crippen LogP contribution in [0.15, 0.2) is 35.6 Å². The third-order valence-corrected chi connectivity index (χ3v) is 3.25. The van der Waals surface area contributed by atoms with E-state index in [0.717, 1.165) is 23.7 Å². The smallest absolute Gasteiger partial charge is 0.0625 e. The molecule has 0 amide bonds. The molecule has 0 aliphatic heterocycles. The molecular weight excluding hydrogens is 232 g/mol. The lowest BCUT2D eigenvalue weighted by molar-refractivity contribution is 0.766. The Morgan fingerprint density at radius 3 is 3.06 bits per heavy atom. The number of pyridine rings is 1. The van der Waals surface area contributed by atoms with Crippen LogP contribution in [-0.4, -0.2) is 21.3 Å². The standard InChI is InChI=1S/C12H16N4S/c1-3-13-10-4-5-14-11(6-10)9-17-12-7-15-16(2)8-12/h4-8H,3,9H2,1-2H3,(H,13,14). The second-order valence-corrected chi connectivity index (χ2v) is 4.75. The zero-order valence-electron chi connectivity index (χ0n) is 10.1. The van der Waals surface area contributed by atoms with Gasteiger partial charge in [-0.2, -0.15) is 5.10 Å². The van der Waals surface area contributed by atoms with Crippen molar-refractivity contribution < 1.29 is 0 Å². The van der Waals surface area contributed by atoms with Crippen molar-refractivity contribution in [3.05, 3.63) is 36.4 Å². The first-order chi connectivity index (χ1) is 8.28. The molecule has 2 aromatic rings. The van der Waals surface area contributed by atoms with Gasteiger partial charge in [-0.1, -0.05) is 0 Å². The molecule has 17 heavy (non-hydrogen) atoms. The molecule has 0 aliphatic rings. The minimum Gasteiger partial charge on any atom is -0.385 e. The second-order valence-electron chi connectivity index (χ2n) is 3.70. The number of anilines is 1. The van der Waals surface area contributed by atoms with Crippen molar-refractivity contribution in [3.8, 4) is 0 Å². The van der Waals surface area contributed by atoms with E-state index >= 15 is 0 Å². The van der Waals surface area contributed by atoms with Gasteiger partial charge in [0, 0.05) is 42.3 Å². The van der Waals surface area contributed by atoms with Crippen molar-refractivity contribution in [2.45, 2.75) is 17.6 Å². The molecule has 0 saturated heterocycles. The van der Waals surface area contributed by atoms with E-state index in [1.807, 2.05) is 36.4 Å². The van der Waals surface area contributed by atoms with E-state index in [2.05, 4.69) is 28.4 Å². The van der Waals surface area contributed by atoms with Crippen LogP contribution in [0.5, 0.6) is 0 Å². The number of nitrogens with one attached hydrogen (secondary N) is 1. The maximum atomic E-state index is 4.36. The number of hydrogen-bond acceptors (Lipinski definition) is 4. The van der Waals surface area contributed by atoms with Crippen LogP contribution in [0.4, 0.5) is 5.69 Å². The highest BCUT2D eigenvalue weighted by Gasteiger charge is 2.00. The summed E-state index contributed by atoms with van der Waals surface area (Å²) in [6.07, 6.45) is 5.73. The summed E-state index contributed by atoms with van der Waals surface area (Å²) in [7, 11) is 1.92. The first-order valence-electron chi connectivity index (χ1n) is 5.58. The van der Waals surface area contributed by atoms with Crippen molar-refractivity contribution in [2.75, 3.05) is 11.9 Å². The molecule has 5 heteroatoms. The molecule has 0 unspecified atom stereocenters. The first kappa shape index (κ1) is 12.0. The molecule has 4 nitrogen and oxygen atoms in total. The van der Waals surface area contributed by atoms with E-state index in [9.17, 15) is 0 Å². The molecule has 0 radical (unpaired) electrons. The Balaban J connectivity index is 1.96. The van der Waals surface area contributed by atoms with Gasteiger partial charge >= 0.3 is 0 Å². The summed E-state index contributed by atoms with van der Waals surface area (Å²) in [4.78, 5) is 5.53. The van der Waals surface area contributed by atoms with Crippen molar-refractivity contribution in [2.24, 2.45) is 7.05 Å². The molecule has 90 valence electrons. The van der Waals surface area contributed by atoms with Gasteiger partial charge in [0.05, 0.1) is 11.9 Å². The van der Waals surface area contributed by atoms with Crippen LogP contribution in [0.1, 0.15) is 12.6 Å². The quantitative estimate of drug-likeness (QED) is 0.826. The van der Waals surface area contributed by atoms with Gasteiger partial charge in [-0.3, -0.25) is 9.67 Å². The predicted molar refractivity (Wildman–Crippen MR) is 71.2 cm³/mol. The van der Waals surface area contributed by atoms with Crippen molar-refractivity contribution in [3.63, 3.8) is 0 Å². The van der Waals surface area contributed by atoms with Crippen molar-refractivity contribution in [1.29, 1.82) is 0 Å². The third kappa shape index (κ3) is 3.49. The molecule has 0 aliphatic carbocycles. The Morgan fingerprint density at radius 2 is 2.35 bits per heavy atom. The Bertz CT molecular complexity index is 481. The first-order valence-corrected chi connectivity index (χ1v) is 6.56. The van der Waals surface area contributed by atoms with Crippen LogP contribution in [0.25, 0.3) is 0 Å². The van der Waals surface area contributed by atoms with Gasteiger partial charge in [0.15, 0.2) is 0 Å². The Kier molecular flexibility index (Phi) is 4.03. The lowest BCUT2D eigenvalue weighted by atomic mass is 10.3.